The fourth-order valence-electron chi connectivity index (χ4n) is 10.6. The molecule has 0 aliphatic rings. The minimum atomic E-state index is -2.72. The van der Waals surface area contributed by atoms with Crippen molar-refractivity contribution in [3.63, 3.8) is 0 Å². The van der Waals surface area contributed by atoms with Crippen molar-refractivity contribution in [2.75, 3.05) is 0 Å². The van der Waals surface area contributed by atoms with E-state index in [2.05, 4.69) is 265 Å². The molecule has 0 spiro atoms. The SMILES string of the molecule is c1ccc([Si](c2ccccc2)(c2ccccc2)c2ccc(-c3cc(-c4ccc(-n5c6ccccc6c6ccccc65)cc4)nc(-c4ccccc4-c4ccc5sc6ccccc6c5c4)n3)cc2)cc1. The minimum absolute atomic E-state index is 0.686. The highest BCUT2D eigenvalue weighted by atomic mass is 32.1. The fraction of sp³-hybridized carbons (Fsp3) is 0. The molecule has 0 N–H and O–H groups in total. The third kappa shape index (κ3) is 6.93. The van der Waals surface area contributed by atoms with E-state index >= 15 is 0 Å². The zero-order chi connectivity index (χ0) is 45.7. The molecule has 10 aromatic carbocycles. The number of hydrogen-bond acceptors (Lipinski definition) is 3. The molecule has 3 aromatic heterocycles. The molecule has 324 valence electrons. The molecule has 5 heteroatoms. The third-order valence-electron chi connectivity index (χ3n) is 13.8. The molecule has 0 unspecified atom stereocenters. The van der Waals surface area contributed by atoms with E-state index in [9.17, 15) is 0 Å². The number of thiophene rings is 1. The average molecular weight is 914 g/mol. The van der Waals surface area contributed by atoms with Gasteiger partial charge in [-0.05, 0) is 80.4 Å². The Bertz CT molecular complexity index is 3840. The summed E-state index contributed by atoms with van der Waals surface area (Å²) in [6.07, 6.45) is 0. The summed E-state index contributed by atoms with van der Waals surface area (Å²) >= 11 is 1.84. The van der Waals surface area contributed by atoms with E-state index in [-0.39, 0.29) is 0 Å². The first-order valence-corrected chi connectivity index (χ1v) is 26.3. The molecule has 0 bridgehead atoms. The molecular formula is C64H43N3SSi. The van der Waals surface area contributed by atoms with Crippen LogP contribution in [0.15, 0.2) is 261 Å². The van der Waals surface area contributed by atoms with Gasteiger partial charge in [0, 0.05) is 53.3 Å². The number of fused-ring (bicyclic) bond motifs is 6. The maximum absolute atomic E-state index is 5.48. The van der Waals surface area contributed by atoms with Gasteiger partial charge in [-0.15, -0.1) is 11.3 Å². The maximum atomic E-state index is 5.48. The Morgan fingerprint density at radius 2 is 0.754 bits per heavy atom. The maximum Gasteiger partial charge on any atom is 0.179 e. The van der Waals surface area contributed by atoms with Crippen LogP contribution >= 0.6 is 11.3 Å². The number of nitrogens with zero attached hydrogens (tertiary/aromatic N) is 3. The van der Waals surface area contributed by atoms with E-state index in [1.165, 1.54) is 62.7 Å². The van der Waals surface area contributed by atoms with E-state index in [0.29, 0.717) is 5.82 Å². The smallest absolute Gasteiger partial charge is 0.179 e. The first kappa shape index (κ1) is 40.8. The molecule has 3 heterocycles. The van der Waals surface area contributed by atoms with Crippen molar-refractivity contribution in [1.82, 2.24) is 14.5 Å². The van der Waals surface area contributed by atoms with Crippen LogP contribution in [0.4, 0.5) is 0 Å². The van der Waals surface area contributed by atoms with Gasteiger partial charge < -0.3 is 4.57 Å². The van der Waals surface area contributed by atoms with Gasteiger partial charge in [-0.2, -0.15) is 0 Å². The van der Waals surface area contributed by atoms with Crippen LogP contribution < -0.4 is 20.7 Å². The van der Waals surface area contributed by atoms with Gasteiger partial charge in [0.05, 0.1) is 22.4 Å². The average Bonchev–Trinajstić information content (AvgIpc) is 3.98. The second-order valence-corrected chi connectivity index (χ2v) is 22.6. The summed E-state index contributed by atoms with van der Waals surface area (Å²) in [5.74, 6) is 0.686. The van der Waals surface area contributed by atoms with Crippen LogP contribution in [0.2, 0.25) is 0 Å². The highest BCUT2D eigenvalue weighted by molar-refractivity contribution is 7.25. The fourth-order valence-corrected chi connectivity index (χ4v) is 16.5. The summed E-state index contributed by atoms with van der Waals surface area (Å²) in [7, 11) is -2.72. The van der Waals surface area contributed by atoms with Crippen molar-refractivity contribution in [3.8, 4) is 50.7 Å². The summed E-state index contributed by atoms with van der Waals surface area (Å²) in [5, 5.41) is 10.4. The molecule has 0 aliphatic heterocycles. The lowest BCUT2D eigenvalue weighted by Crippen LogP contribution is -2.74. The number of benzene rings is 10. The van der Waals surface area contributed by atoms with Gasteiger partial charge in [-0.25, -0.2) is 9.97 Å². The molecule has 0 fully saturated rings. The molecule has 0 saturated heterocycles. The Labute approximate surface area is 405 Å². The number of para-hydroxylation sites is 2. The summed E-state index contributed by atoms with van der Waals surface area (Å²) < 4.78 is 4.94. The van der Waals surface area contributed by atoms with Gasteiger partial charge in [0.25, 0.3) is 0 Å². The van der Waals surface area contributed by atoms with Crippen LogP contribution in [-0.4, -0.2) is 22.6 Å². The first-order chi connectivity index (χ1) is 34.2. The van der Waals surface area contributed by atoms with E-state index in [0.717, 1.165) is 44.9 Å². The number of hydrogen-bond donors (Lipinski definition) is 0. The summed E-state index contributed by atoms with van der Waals surface area (Å²) in [4.78, 5) is 10.9. The van der Waals surface area contributed by atoms with Gasteiger partial charge >= 0.3 is 0 Å². The van der Waals surface area contributed by atoms with E-state index < -0.39 is 8.07 Å². The van der Waals surface area contributed by atoms with Gasteiger partial charge in [0.15, 0.2) is 13.9 Å². The van der Waals surface area contributed by atoms with Crippen molar-refractivity contribution < 1.29 is 0 Å². The molecule has 3 nitrogen and oxygen atoms in total. The van der Waals surface area contributed by atoms with Gasteiger partial charge in [0.1, 0.15) is 0 Å². The molecule has 0 aliphatic carbocycles. The van der Waals surface area contributed by atoms with Crippen LogP contribution in [0.25, 0.3) is 92.7 Å². The third-order valence-corrected chi connectivity index (χ3v) is 19.8. The number of aromatic nitrogens is 3. The molecule has 13 rings (SSSR count). The van der Waals surface area contributed by atoms with Gasteiger partial charge in [-0.3, -0.25) is 0 Å². The van der Waals surface area contributed by atoms with Crippen molar-refractivity contribution >= 4 is 82.1 Å². The van der Waals surface area contributed by atoms with Crippen LogP contribution in [0.3, 0.4) is 0 Å². The first-order valence-electron chi connectivity index (χ1n) is 23.5. The summed E-state index contributed by atoms with van der Waals surface area (Å²) in [6.45, 7) is 0. The minimum Gasteiger partial charge on any atom is -0.309 e. The van der Waals surface area contributed by atoms with Gasteiger partial charge in [0.2, 0.25) is 0 Å². The Hall–Kier alpha value is -8.48. The molecule has 0 amide bonds. The Balaban J connectivity index is 0.978. The lowest BCUT2D eigenvalue weighted by molar-refractivity contribution is 1.17. The van der Waals surface area contributed by atoms with Crippen LogP contribution in [0.5, 0.6) is 0 Å². The Morgan fingerprint density at radius 3 is 1.33 bits per heavy atom. The molecule has 0 saturated carbocycles. The standard InChI is InChI=1S/C64H43N3SSi/c1-4-18-48(19-5-1)69(49-20-6-2-7-21-49,50-22-8-3-9-23-50)51-39-34-45(35-40-51)59-43-58(44-32-37-47(38-33-44)67-60-29-15-12-25-53(60)54-26-13-16-30-61(54)67)65-64(66-59)56-28-11-10-24-52(56)46-36-41-63-57(42-46)55-27-14-17-31-62(55)68-63/h1-43H. The predicted molar refractivity (Wildman–Crippen MR) is 295 cm³/mol. The molecule has 0 atom stereocenters. The zero-order valence-corrected chi connectivity index (χ0v) is 39.4. The highest BCUT2D eigenvalue weighted by Gasteiger charge is 2.41. The molecule has 0 radical (unpaired) electrons. The Morgan fingerprint density at radius 1 is 0.319 bits per heavy atom. The molecule has 13 aromatic rings. The van der Waals surface area contributed by atoms with E-state index in [4.69, 9.17) is 9.97 Å². The quantitative estimate of drug-likeness (QED) is 0.107. The normalized spacial score (nSPS) is 11.8. The van der Waals surface area contributed by atoms with E-state index in [1.807, 2.05) is 11.3 Å². The van der Waals surface area contributed by atoms with Crippen molar-refractivity contribution in [3.05, 3.63) is 261 Å². The molecular weight excluding hydrogens is 871 g/mol. The van der Waals surface area contributed by atoms with Gasteiger partial charge in [-0.1, -0.05) is 212 Å². The second kappa shape index (κ2) is 17.0. The monoisotopic (exact) mass is 913 g/mol. The molecule has 69 heavy (non-hydrogen) atoms. The predicted octanol–water partition coefficient (Wildman–Crippen LogP) is 14.0. The van der Waals surface area contributed by atoms with E-state index in [1.54, 1.807) is 0 Å². The topological polar surface area (TPSA) is 30.7 Å². The summed E-state index contributed by atoms with van der Waals surface area (Å²) in [5.41, 5.74) is 10.5. The lowest BCUT2D eigenvalue weighted by Gasteiger charge is -2.34. The van der Waals surface area contributed by atoms with Crippen molar-refractivity contribution in [2.45, 2.75) is 0 Å². The van der Waals surface area contributed by atoms with Crippen molar-refractivity contribution in [1.29, 1.82) is 0 Å². The lowest BCUT2D eigenvalue weighted by atomic mass is 9.97. The summed E-state index contributed by atoms with van der Waals surface area (Å²) in [6, 6.07) is 95.0. The van der Waals surface area contributed by atoms with Crippen LogP contribution in [0, 0.1) is 0 Å². The zero-order valence-electron chi connectivity index (χ0n) is 37.6. The van der Waals surface area contributed by atoms with Crippen LogP contribution in [-0.2, 0) is 0 Å². The van der Waals surface area contributed by atoms with Crippen molar-refractivity contribution in [2.24, 2.45) is 0 Å². The number of rotatable bonds is 9. The Kier molecular flexibility index (Phi) is 10.0. The van der Waals surface area contributed by atoms with Crippen LogP contribution in [0.1, 0.15) is 0 Å². The highest BCUT2D eigenvalue weighted by Crippen LogP contribution is 2.40. The second-order valence-electron chi connectivity index (χ2n) is 17.7. The largest absolute Gasteiger partial charge is 0.309 e.